The normalized spacial score (nSPS) is 22.7. The van der Waals surface area contributed by atoms with E-state index in [1.54, 1.807) is 6.92 Å². The van der Waals surface area contributed by atoms with Gasteiger partial charge in [0.05, 0.1) is 0 Å². The number of urea groups is 1. The molecule has 3 N–H and O–H groups in total. The summed E-state index contributed by atoms with van der Waals surface area (Å²) in [7, 11) is 0. The maximum atomic E-state index is 12.0. The Bertz CT molecular complexity index is 413. The van der Waals surface area contributed by atoms with Crippen molar-refractivity contribution in [1.82, 2.24) is 15.5 Å². The first-order valence-corrected chi connectivity index (χ1v) is 7.39. The minimum absolute atomic E-state index is 0.113. The molecule has 0 aliphatic carbocycles. The predicted octanol–water partition coefficient (Wildman–Crippen LogP) is 0.940. The van der Waals surface area contributed by atoms with Crippen molar-refractivity contribution in [3.05, 3.63) is 0 Å². The molecule has 3 amide bonds. The molecule has 0 saturated carbocycles. The molecule has 1 saturated heterocycles. The van der Waals surface area contributed by atoms with Gasteiger partial charge in [-0.1, -0.05) is 6.92 Å². The highest BCUT2D eigenvalue weighted by atomic mass is 16.4. The Morgan fingerprint density at radius 2 is 2.05 bits per heavy atom. The standard InChI is InChI=1S/C14H25N3O4/c1-4-10(2)16-11(18)6-8-15-13(21)17-9-5-7-14(17,3)12(19)20/h10H,4-9H2,1-3H3,(H,15,21)(H,16,18)(H,19,20). The Morgan fingerprint density at radius 1 is 1.38 bits per heavy atom. The molecule has 1 fully saturated rings. The molecule has 0 aromatic heterocycles. The quantitative estimate of drug-likeness (QED) is 0.679. The topological polar surface area (TPSA) is 98.7 Å². The number of hydrogen-bond donors (Lipinski definition) is 3. The van der Waals surface area contributed by atoms with Crippen LogP contribution >= 0.6 is 0 Å². The van der Waals surface area contributed by atoms with Crippen molar-refractivity contribution >= 4 is 17.9 Å². The number of carboxylic acids is 1. The van der Waals surface area contributed by atoms with E-state index < -0.39 is 17.5 Å². The number of hydrogen-bond acceptors (Lipinski definition) is 3. The first-order chi connectivity index (χ1) is 9.81. The lowest BCUT2D eigenvalue weighted by Gasteiger charge is -2.31. The number of aliphatic carboxylic acids is 1. The van der Waals surface area contributed by atoms with Gasteiger partial charge in [0.1, 0.15) is 5.54 Å². The summed E-state index contributed by atoms with van der Waals surface area (Å²) in [6.07, 6.45) is 2.16. The van der Waals surface area contributed by atoms with Crippen molar-refractivity contribution in [2.24, 2.45) is 0 Å². The Kier molecular flexibility index (Phi) is 5.99. The van der Waals surface area contributed by atoms with Crippen molar-refractivity contribution in [3.8, 4) is 0 Å². The van der Waals surface area contributed by atoms with Crippen LogP contribution in [0.2, 0.25) is 0 Å². The largest absolute Gasteiger partial charge is 0.480 e. The number of amides is 3. The van der Waals surface area contributed by atoms with E-state index in [0.717, 1.165) is 6.42 Å². The van der Waals surface area contributed by atoms with E-state index in [0.29, 0.717) is 19.4 Å². The van der Waals surface area contributed by atoms with Crippen LogP contribution in [-0.4, -0.2) is 52.6 Å². The van der Waals surface area contributed by atoms with Crippen LogP contribution in [0.25, 0.3) is 0 Å². The van der Waals surface area contributed by atoms with Crippen LogP contribution in [0.4, 0.5) is 4.79 Å². The molecule has 1 aliphatic rings. The molecule has 1 rings (SSSR count). The molecule has 0 radical (unpaired) electrons. The summed E-state index contributed by atoms with van der Waals surface area (Å²) >= 11 is 0. The van der Waals surface area contributed by atoms with Crippen molar-refractivity contribution in [3.63, 3.8) is 0 Å². The summed E-state index contributed by atoms with van der Waals surface area (Å²) in [5.74, 6) is -1.11. The molecule has 2 unspecified atom stereocenters. The lowest BCUT2D eigenvalue weighted by molar-refractivity contribution is -0.147. The van der Waals surface area contributed by atoms with Crippen LogP contribution in [0.1, 0.15) is 46.5 Å². The first kappa shape index (κ1) is 17.3. The van der Waals surface area contributed by atoms with E-state index in [9.17, 15) is 19.5 Å². The summed E-state index contributed by atoms with van der Waals surface area (Å²) in [6, 6.07) is -0.309. The average Bonchev–Trinajstić information content (AvgIpc) is 2.82. The summed E-state index contributed by atoms with van der Waals surface area (Å²) in [6.45, 7) is 6.07. The van der Waals surface area contributed by atoms with Gasteiger partial charge in [-0.05, 0) is 33.1 Å². The number of carbonyl (C=O) groups excluding carboxylic acids is 2. The van der Waals surface area contributed by atoms with E-state index in [-0.39, 0.29) is 24.9 Å². The number of nitrogens with zero attached hydrogens (tertiary/aromatic N) is 1. The number of rotatable bonds is 6. The van der Waals surface area contributed by atoms with Crippen LogP contribution < -0.4 is 10.6 Å². The van der Waals surface area contributed by atoms with Gasteiger partial charge in [-0.2, -0.15) is 0 Å². The van der Waals surface area contributed by atoms with E-state index in [4.69, 9.17) is 0 Å². The minimum atomic E-state index is -1.15. The summed E-state index contributed by atoms with van der Waals surface area (Å²) in [4.78, 5) is 36.2. The molecular weight excluding hydrogens is 274 g/mol. The van der Waals surface area contributed by atoms with Gasteiger partial charge in [0.25, 0.3) is 0 Å². The maximum absolute atomic E-state index is 12.0. The molecule has 21 heavy (non-hydrogen) atoms. The number of carboxylic acid groups (broad SMARTS) is 1. The fourth-order valence-electron chi connectivity index (χ4n) is 2.34. The highest BCUT2D eigenvalue weighted by Gasteiger charge is 2.45. The Morgan fingerprint density at radius 3 is 2.62 bits per heavy atom. The molecule has 0 bridgehead atoms. The fraction of sp³-hybridized carbons (Fsp3) is 0.786. The zero-order valence-electron chi connectivity index (χ0n) is 12.9. The van der Waals surface area contributed by atoms with Gasteiger partial charge in [-0.15, -0.1) is 0 Å². The Labute approximate surface area is 125 Å². The van der Waals surface area contributed by atoms with E-state index in [1.807, 2.05) is 13.8 Å². The number of nitrogens with one attached hydrogen (secondary N) is 2. The van der Waals surface area contributed by atoms with Crippen molar-refractivity contribution < 1.29 is 19.5 Å². The van der Waals surface area contributed by atoms with Crippen LogP contribution in [0, 0.1) is 0 Å². The van der Waals surface area contributed by atoms with Gasteiger partial charge in [-0.3, -0.25) is 4.79 Å². The molecule has 2 atom stereocenters. The third kappa shape index (κ3) is 4.34. The zero-order chi connectivity index (χ0) is 16.0. The second kappa shape index (κ2) is 7.28. The van der Waals surface area contributed by atoms with Gasteiger partial charge >= 0.3 is 12.0 Å². The summed E-state index contributed by atoms with van der Waals surface area (Å²) in [5, 5.41) is 14.7. The molecule has 1 aliphatic heterocycles. The van der Waals surface area contributed by atoms with Crippen LogP contribution in [0.5, 0.6) is 0 Å². The second-order valence-corrected chi connectivity index (χ2v) is 5.69. The number of carbonyl (C=O) groups is 3. The van der Waals surface area contributed by atoms with Gasteiger partial charge in [0, 0.05) is 25.6 Å². The van der Waals surface area contributed by atoms with Gasteiger partial charge in [0.2, 0.25) is 5.91 Å². The predicted molar refractivity (Wildman–Crippen MR) is 77.9 cm³/mol. The van der Waals surface area contributed by atoms with Crippen molar-refractivity contribution in [2.75, 3.05) is 13.1 Å². The van der Waals surface area contributed by atoms with Crippen LogP contribution in [-0.2, 0) is 9.59 Å². The zero-order valence-corrected chi connectivity index (χ0v) is 12.9. The first-order valence-electron chi connectivity index (χ1n) is 7.39. The minimum Gasteiger partial charge on any atom is -0.480 e. The fourth-order valence-corrected chi connectivity index (χ4v) is 2.34. The Hall–Kier alpha value is -1.79. The molecule has 0 aromatic carbocycles. The molecule has 7 nitrogen and oxygen atoms in total. The summed E-state index contributed by atoms with van der Waals surface area (Å²) in [5.41, 5.74) is -1.15. The smallest absolute Gasteiger partial charge is 0.329 e. The highest BCUT2D eigenvalue weighted by molar-refractivity contribution is 5.87. The van der Waals surface area contributed by atoms with Crippen LogP contribution in [0.3, 0.4) is 0 Å². The van der Waals surface area contributed by atoms with Crippen molar-refractivity contribution in [1.29, 1.82) is 0 Å². The monoisotopic (exact) mass is 299 g/mol. The maximum Gasteiger partial charge on any atom is 0.329 e. The molecule has 0 aromatic rings. The van der Waals surface area contributed by atoms with E-state index in [2.05, 4.69) is 10.6 Å². The highest BCUT2D eigenvalue weighted by Crippen LogP contribution is 2.29. The van der Waals surface area contributed by atoms with Crippen LogP contribution in [0.15, 0.2) is 0 Å². The van der Waals surface area contributed by atoms with Gasteiger partial charge in [0.15, 0.2) is 0 Å². The Balaban J connectivity index is 2.41. The summed E-state index contributed by atoms with van der Waals surface area (Å²) < 4.78 is 0. The van der Waals surface area contributed by atoms with E-state index in [1.165, 1.54) is 4.90 Å². The molecule has 0 spiro atoms. The lowest BCUT2D eigenvalue weighted by atomic mass is 10.00. The number of likely N-dealkylation sites (tertiary alicyclic amines) is 1. The van der Waals surface area contributed by atoms with Gasteiger partial charge < -0.3 is 20.6 Å². The second-order valence-electron chi connectivity index (χ2n) is 5.69. The van der Waals surface area contributed by atoms with E-state index >= 15 is 0 Å². The third-order valence-corrected chi connectivity index (χ3v) is 3.99. The van der Waals surface area contributed by atoms with Crippen molar-refractivity contribution in [2.45, 2.75) is 58.0 Å². The molecule has 1 heterocycles. The molecule has 7 heteroatoms. The average molecular weight is 299 g/mol. The SMILES string of the molecule is CCC(C)NC(=O)CCNC(=O)N1CCCC1(C)C(=O)O. The molecule has 120 valence electrons. The lowest BCUT2D eigenvalue weighted by Crippen LogP contribution is -2.54. The molecular formula is C14H25N3O4. The van der Waals surface area contributed by atoms with Gasteiger partial charge in [-0.25, -0.2) is 9.59 Å². The third-order valence-electron chi connectivity index (χ3n) is 3.99.